The molecule has 0 atom stereocenters. The average Bonchev–Trinajstić information content (AvgIpc) is 2.47. The van der Waals surface area contributed by atoms with Gasteiger partial charge in [0, 0.05) is 6.54 Å². The molecule has 3 nitrogen and oxygen atoms in total. The van der Waals surface area contributed by atoms with E-state index in [0.717, 1.165) is 22.7 Å². The molecule has 112 valence electrons. The van der Waals surface area contributed by atoms with Gasteiger partial charge in [-0.05, 0) is 36.8 Å². The lowest BCUT2D eigenvalue weighted by molar-refractivity contribution is 0.310. The highest BCUT2D eigenvalue weighted by Gasteiger charge is 2.08. The van der Waals surface area contributed by atoms with E-state index in [2.05, 4.69) is 5.32 Å². The molecule has 0 saturated carbocycles. The van der Waals surface area contributed by atoms with Gasteiger partial charge in [-0.25, -0.2) is 0 Å². The van der Waals surface area contributed by atoms with Crippen LogP contribution in [0.15, 0.2) is 36.4 Å². The molecule has 0 aliphatic heterocycles. The van der Waals surface area contributed by atoms with Crippen molar-refractivity contribution in [3.8, 4) is 11.5 Å². The number of rotatable bonds is 6. The lowest BCUT2D eigenvalue weighted by atomic mass is 10.2. The molecular formula is C16H17Cl2NO2. The van der Waals surface area contributed by atoms with E-state index >= 15 is 0 Å². The van der Waals surface area contributed by atoms with Crippen LogP contribution < -0.4 is 14.8 Å². The molecule has 0 bridgehead atoms. The summed E-state index contributed by atoms with van der Waals surface area (Å²) in [5.74, 6) is 1.45. The highest BCUT2D eigenvalue weighted by atomic mass is 35.5. The molecule has 0 fully saturated rings. The van der Waals surface area contributed by atoms with Crippen LogP contribution in [0.3, 0.4) is 0 Å². The van der Waals surface area contributed by atoms with Crippen LogP contribution in [0, 0.1) is 0 Å². The number of ether oxygens (including phenoxy) is 2. The summed E-state index contributed by atoms with van der Waals surface area (Å²) >= 11 is 12.3. The normalized spacial score (nSPS) is 10.3. The van der Waals surface area contributed by atoms with Crippen molar-refractivity contribution >= 4 is 28.9 Å². The van der Waals surface area contributed by atoms with Crippen molar-refractivity contribution in [3.63, 3.8) is 0 Å². The minimum Gasteiger partial charge on any atom is -0.493 e. The maximum atomic E-state index is 6.13. The Kier molecular flexibility index (Phi) is 5.59. The number of hydrogen-bond acceptors (Lipinski definition) is 3. The maximum absolute atomic E-state index is 6.13. The van der Waals surface area contributed by atoms with Gasteiger partial charge in [-0.3, -0.25) is 0 Å². The van der Waals surface area contributed by atoms with E-state index in [0.29, 0.717) is 23.2 Å². The van der Waals surface area contributed by atoms with Crippen molar-refractivity contribution in [1.29, 1.82) is 0 Å². The number of hydrogen-bond donors (Lipinski definition) is 1. The van der Waals surface area contributed by atoms with Gasteiger partial charge in [0.2, 0.25) is 0 Å². The Bertz CT molecular complexity index is 597. The van der Waals surface area contributed by atoms with Crippen molar-refractivity contribution in [3.05, 3.63) is 52.0 Å². The predicted octanol–water partition coefficient (Wildman–Crippen LogP) is 5.01. The molecule has 2 aromatic rings. The Morgan fingerprint density at radius 1 is 1.05 bits per heavy atom. The van der Waals surface area contributed by atoms with Gasteiger partial charge in [0.05, 0.1) is 29.4 Å². The van der Waals surface area contributed by atoms with Gasteiger partial charge >= 0.3 is 0 Å². The minimum absolute atomic E-state index is 0.587. The van der Waals surface area contributed by atoms with Crippen LogP contribution in [-0.4, -0.2) is 13.7 Å². The molecular weight excluding hydrogens is 309 g/mol. The second kappa shape index (κ2) is 7.43. The molecule has 5 heteroatoms. The summed E-state index contributed by atoms with van der Waals surface area (Å²) in [7, 11) is 1.62. The van der Waals surface area contributed by atoms with Crippen LogP contribution >= 0.6 is 23.2 Å². The zero-order valence-electron chi connectivity index (χ0n) is 12.0. The quantitative estimate of drug-likeness (QED) is 0.809. The maximum Gasteiger partial charge on any atom is 0.161 e. The van der Waals surface area contributed by atoms with E-state index in [9.17, 15) is 0 Å². The molecule has 0 unspecified atom stereocenters. The number of benzene rings is 2. The summed E-state index contributed by atoms with van der Waals surface area (Å²) < 4.78 is 10.8. The van der Waals surface area contributed by atoms with Gasteiger partial charge in [-0.2, -0.15) is 0 Å². The van der Waals surface area contributed by atoms with Crippen LogP contribution in [0.25, 0.3) is 0 Å². The summed E-state index contributed by atoms with van der Waals surface area (Å²) in [6, 6.07) is 11.2. The summed E-state index contributed by atoms with van der Waals surface area (Å²) in [5.41, 5.74) is 1.78. The number of para-hydroxylation sites is 1. The smallest absolute Gasteiger partial charge is 0.161 e. The fourth-order valence-corrected chi connectivity index (χ4v) is 2.49. The fourth-order valence-electron chi connectivity index (χ4n) is 1.96. The van der Waals surface area contributed by atoms with E-state index in [1.54, 1.807) is 19.2 Å². The number of nitrogens with one attached hydrogen (secondary N) is 1. The van der Waals surface area contributed by atoms with E-state index in [1.807, 2.05) is 31.2 Å². The van der Waals surface area contributed by atoms with Crippen molar-refractivity contribution < 1.29 is 9.47 Å². The first-order valence-corrected chi connectivity index (χ1v) is 7.39. The molecule has 0 saturated heterocycles. The topological polar surface area (TPSA) is 30.5 Å². The molecule has 2 aromatic carbocycles. The van der Waals surface area contributed by atoms with E-state index in [-0.39, 0.29) is 0 Å². The minimum atomic E-state index is 0.587. The molecule has 2 rings (SSSR count). The third kappa shape index (κ3) is 3.96. The standard InChI is InChI=1S/C16H17Cl2NO2/c1-3-21-15-9-11(7-8-14(15)20-2)10-19-16-12(17)5-4-6-13(16)18/h4-9,19H,3,10H2,1-2H3. The van der Waals surface area contributed by atoms with Crippen molar-refractivity contribution in [2.45, 2.75) is 13.5 Å². The zero-order valence-corrected chi connectivity index (χ0v) is 13.5. The van der Waals surface area contributed by atoms with Crippen LogP contribution in [0.1, 0.15) is 12.5 Å². The van der Waals surface area contributed by atoms with Crippen molar-refractivity contribution in [1.82, 2.24) is 0 Å². The van der Waals surface area contributed by atoms with E-state index in [4.69, 9.17) is 32.7 Å². The Labute approximate surface area is 134 Å². The number of anilines is 1. The first-order valence-electron chi connectivity index (χ1n) is 6.63. The van der Waals surface area contributed by atoms with Crippen molar-refractivity contribution in [2.24, 2.45) is 0 Å². The molecule has 0 aliphatic rings. The first-order chi connectivity index (χ1) is 10.2. The first kappa shape index (κ1) is 15.8. The second-order valence-corrected chi connectivity index (χ2v) is 5.18. The lowest BCUT2D eigenvalue weighted by Gasteiger charge is -2.13. The highest BCUT2D eigenvalue weighted by molar-refractivity contribution is 6.39. The summed E-state index contributed by atoms with van der Waals surface area (Å²) in [5, 5.41) is 4.44. The Morgan fingerprint density at radius 3 is 2.38 bits per heavy atom. The van der Waals surface area contributed by atoms with Gasteiger partial charge < -0.3 is 14.8 Å². The molecule has 0 spiro atoms. The molecule has 0 radical (unpaired) electrons. The monoisotopic (exact) mass is 325 g/mol. The molecule has 0 aromatic heterocycles. The number of halogens is 2. The third-order valence-electron chi connectivity index (χ3n) is 2.96. The highest BCUT2D eigenvalue weighted by Crippen LogP contribution is 2.31. The summed E-state index contributed by atoms with van der Waals surface area (Å²) in [6.07, 6.45) is 0. The number of methoxy groups -OCH3 is 1. The van der Waals surface area contributed by atoms with Crippen LogP contribution in [0.2, 0.25) is 10.0 Å². The molecule has 0 heterocycles. The van der Waals surface area contributed by atoms with Gasteiger partial charge in [0.1, 0.15) is 0 Å². The SMILES string of the molecule is CCOc1cc(CNc2c(Cl)cccc2Cl)ccc1OC. The van der Waals surface area contributed by atoms with Gasteiger partial charge in [0.25, 0.3) is 0 Å². The Hall–Kier alpha value is -1.58. The second-order valence-electron chi connectivity index (χ2n) is 4.37. The summed E-state index contributed by atoms with van der Waals surface area (Å²) in [6.45, 7) is 3.12. The fraction of sp³-hybridized carbons (Fsp3) is 0.250. The Balaban J connectivity index is 2.15. The van der Waals surface area contributed by atoms with E-state index < -0.39 is 0 Å². The van der Waals surface area contributed by atoms with Crippen LogP contribution in [-0.2, 0) is 6.54 Å². The molecule has 1 N–H and O–H groups in total. The largest absolute Gasteiger partial charge is 0.493 e. The lowest BCUT2D eigenvalue weighted by Crippen LogP contribution is -2.02. The molecule has 21 heavy (non-hydrogen) atoms. The van der Waals surface area contributed by atoms with E-state index in [1.165, 1.54) is 0 Å². The van der Waals surface area contributed by atoms with Crippen LogP contribution in [0.5, 0.6) is 11.5 Å². The Morgan fingerprint density at radius 2 is 1.76 bits per heavy atom. The van der Waals surface area contributed by atoms with Gasteiger partial charge in [-0.1, -0.05) is 35.3 Å². The molecule has 0 aliphatic carbocycles. The third-order valence-corrected chi connectivity index (χ3v) is 3.59. The molecule has 0 amide bonds. The average molecular weight is 326 g/mol. The zero-order chi connectivity index (χ0) is 15.2. The summed E-state index contributed by atoms with van der Waals surface area (Å²) in [4.78, 5) is 0. The van der Waals surface area contributed by atoms with Crippen molar-refractivity contribution in [2.75, 3.05) is 19.0 Å². The van der Waals surface area contributed by atoms with Gasteiger partial charge in [0.15, 0.2) is 11.5 Å². The van der Waals surface area contributed by atoms with Gasteiger partial charge in [-0.15, -0.1) is 0 Å². The van der Waals surface area contributed by atoms with Crippen LogP contribution in [0.4, 0.5) is 5.69 Å². The predicted molar refractivity (Wildman–Crippen MR) is 88.0 cm³/mol.